The summed E-state index contributed by atoms with van der Waals surface area (Å²) in [6, 6.07) is 0.0464. The molecule has 0 aromatic heterocycles. The predicted octanol–water partition coefficient (Wildman–Crippen LogP) is 3.40. The lowest BCUT2D eigenvalue weighted by Gasteiger charge is -2.30. The second kappa shape index (κ2) is 6.93. The molecule has 1 saturated carbocycles. The van der Waals surface area contributed by atoms with Crippen molar-refractivity contribution in [1.29, 1.82) is 0 Å². The molecule has 3 unspecified atom stereocenters. The SMILES string of the molecule is CCC(C)C1NC(CC(C)C)N(CCC2CCC2)C1=O. The highest BCUT2D eigenvalue weighted by atomic mass is 16.2. The fraction of sp³-hybridized carbons (Fsp3) is 0.941. The molecule has 2 fully saturated rings. The van der Waals surface area contributed by atoms with Crippen molar-refractivity contribution in [2.45, 2.75) is 78.4 Å². The third-order valence-electron chi connectivity index (χ3n) is 5.21. The average Bonchev–Trinajstić information content (AvgIpc) is 2.64. The van der Waals surface area contributed by atoms with E-state index >= 15 is 0 Å². The van der Waals surface area contributed by atoms with Gasteiger partial charge in [-0.25, -0.2) is 0 Å². The van der Waals surface area contributed by atoms with Crippen LogP contribution >= 0.6 is 0 Å². The van der Waals surface area contributed by atoms with Crippen LogP contribution in [0.5, 0.6) is 0 Å². The van der Waals surface area contributed by atoms with E-state index < -0.39 is 0 Å². The van der Waals surface area contributed by atoms with E-state index in [4.69, 9.17) is 0 Å². The van der Waals surface area contributed by atoms with Gasteiger partial charge in [0.2, 0.25) is 5.91 Å². The van der Waals surface area contributed by atoms with Gasteiger partial charge in [-0.15, -0.1) is 0 Å². The monoisotopic (exact) mass is 280 g/mol. The molecular weight excluding hydrogens is 248 g/mol. The molecule has 1 aliphatic heterocycles. The van der Waals surface area contributed by atoms with E-state index in [1.165, 1.54) is 25.7 Å². The molecule has 0 bridgehead atoms. The molecule has 3 heteroatoms. The highest BCUT2D eigenvalue weighted by Crippen LogP contribution is 2.31. The number of amides is 1. The molecule has 3 atom stereocenters. The van der Waals surface area contributed by atoms with Gasteiger partial charge >= 0.3 is 0 Å². The Morgan fingerprint density at radius 2 is 2.00 bits per heavy atom. The number of nitrogens with zero attached hydrogens (tertiary/aromatic N) is 1. The topological polar surface area (TPSA) is 32.3 Å². The van der Waals surface area contributed by atoms with Gasteiger partial charge in [0.15, 0.2) is 0 Å². The van der Waals surface area contributed by atoms with Crippen LogP contribution in [-0.2, 0) is 4.79 Å². The smallest absolute Gasteiger partial charge is 0.241 e. The molecule has 2 rings (SSSR count). The molecule has 116 valence electrons. The summed E-state index contributed by atoms with van der Waals surface area (Å²) >= 11 is 0. The fourth-order valence-electron chi connectivity index (χ4n) is 3.36. The highest BCUT2D eigenvalue weighted by molar-refractivity contribution is 5.84. The third kappa shape index (κ3) is 3.55. The number of carbonyl (C=O) groups excluding carboxylic acids is 1. The van der Waals surface area contributed by atoms with Crippen molar-refractivity contribution < 1.29 is 4.79 Å². The molecule has 0 radical (unpaired) electrons. The van der Waals surface area contributed by atoms with E-state index in [0.717, 1.165) is 25.3 Å². The maximum Gasteiger partial charge on any atom is 0.241 e. The summed E-state index contributed by atoms with van der Waals surface area (Å²) in [5.41, 5.74) is 0. The van der Waals surface area contributed by atoms with Gasteiger partial charge in [0.25, 0.3) is 0 Å². The van der Waals surface area contributed by atoms with Crippen LogP contribution in [0.4, 0.5) is 0 Å². The van der Waals surface area contributed by atoms with Crippen LogP contribution in [0.25, 0.3) is 0 Å². The average molecular weight is 280 g/mol. The normalized spacial score (nSPS) is 29.1. The summed E-state index contributed by atoms with van der Waals surface area (Å²) in [6.07, 6.45) is 7.74. The van der Waals surface area contributed by atoms with E-state index in [9.17, 15) is 4.79 Å². The summed E-state index contributed by atoms with van der Waals surface area (Å²) in [6.45, 7) is 9.81. The molecule has 1 aliphatic carbocycles. The van der Waals surface area contributed by atoms with Crippen molar-refractivity contribution in [2.75, 3.05) is 6.54 Å². The molecular formula is C17H32N2O. The second-order valence-corrected chi connectivity index (χ2v) is 7.29. The zero-order valence-electron chi connectivity index (χ0n) is 13.7. The Bertz CT molecular complexity index is 325. The summed E-state index contributed by atoms with van der Waals surface area (Å²) in [5, 5.41) is 3.61. The molecule has 0 aromatic carbocycles. The molecule has 0 aromatic rings. The molecule has 1 saturated heterocycles. The Labute approximate surface area is 124 Å². The fourth-order valence-corrected chi connectivity index (χ4v) is 3.36. The summed E-state index contributed by atoms with van der Waals surface area (Å²) in [5.74, 6) is 2.29. The van der Waals surface area contributed by atoms with Gasteiger partial charge in [-0.1, -0.05) is 53.4 Å². The molecule has 1 amide bonds. The van der Waals surface area contributed by atoms with Gasteiger partial charge in [0.05, 0.1) is 12.2 Å². The Balaban J connectivity index is 1.96. The molecule has 0 spiro atoms. The van der Waals surface area contributed by atoms with Gasteiger partial charge in [0, 0.05) is 6.54 Å². The number of hydrogen-bond acceptors (Lipinski definition) is 2. The lowest BCUT2D eigenvalue weighted by molar-refractivity contribution is -0.131. The van der Waals surface area contributed by atoms with Crippen LogP contribution in [0.2, 0.25) is 0 Å². The summed E-state index contributed by atoms with van der Waals surface area (Å²) in [7, 11) is 0. The summed E-state index contributed by atoms with van der Waals surface area (Å²) < 4.78 is 0. The first-order chi connectivity index (χ1) is 9.52. The number of hydrogen-bond donors (Lipinski definition) is 1. The number of carbonyl (C=O) groups is 1. The maximum atomic E-state index is 12.7. The van der Waals surface area contributed by atoms with Gasteiger partial charge in [-0.2, -0.15) is 0 Å². The van der Waals surface area contributed by atoms with E-state index in [1.54, 1.807) is 0 Å². The minimum atomic E-state index is 0.0464. The van der Waals surface area contributed by atoms with Crippen LogP contribution in [0, 0.1) is 17.8 Å². The quantitative estimate of drug-likeness (QED) is 0.775. The van der Waals surface area contributed by atoms with Gasteiger partial charge in [-0.05, 0) is 30.6 Å². The summed E-state index contributed by atoms with van der Waals surface area (Å²) in [4.78, 5) is 14.8. The van der Waals surface area contributed by atoms with Crippen LogP contribution in [0.15, 0.2) is 0 Å². The van der Waals surface area contributed by atoms with Crippen LogP contribution in [-0.4, -0.2) is 29.6 Å². The third-order valence-corrected chi connectivity index (χ3v) is 5.21. The lowest BCUT2D eigenvalue weighted by atomic mass is 9.83. The van der Waals surface area contributed by atoms with Gasteiger partial charge in [0.1, 0.15) is 0 Å². The van der Waals surface area contributed by atoms with E-state index in [0.29, 0.717) is 17.7 Å². The minimum absolute atomic E-state index is 0.0464. The second-order valence-electron chi connectivity index (χ2n) is 7.29. The first-order valence-electron chi connectivity index (χ1n) is 8.59. The molecule has 3 nitrogen and oxygen atoms in total. The van der Waals surface area contributed by atoms with E-state index in [2.05, 4.69) is 37.9 Å². The molecule has 2 aliphatic rings. The van der Waals surface area contributed by atoms with Crippen molar-refractivity contribution in [3.05, 3.63) is 0 Å². The number of nitrogens with one attached hydrogen (secondary N) is 1. The first kappa shape index (κ1) is 15.8. The van der Waals surface area contributed by atoms with Crippen molar-refractivity contribution in [1.82, 2.24) is 10.2 Å². The molecule has 1 heterocycles. The predicted molar refractivity (Wildman–Crippen MR) is 83.3 cm³/mol. The van der Waals surface area contributed by atoms with Crippen molar-refractivity contribution in [3.8, 4) is 0 Å². The molecule has 20 heavy (non-hydrogen) atoms. The maximum absolute atomic E-state index is 12.7. The zero-order valence-corrected chi connectivity index (χ0v) is 13.7. The van der Waals surface area contributed by atoms with Crippen molar-refractivity contribution >= 4 is 5.91 Å². The zero-order chi connectivity index (χ0) is 14.7. The highest BCUT2D eigenvalue weighted by Gasteiger charge is 2.40. The van der Waals surface area contributed by atoms with Crippen LogP contribution in [0.1, 0.15) is 66.2 Å². The molecule has 1 N–H and O–H groups in total. The first-order valence-corrected chi connectivity index (χ1v) is 8.59. The Kier molecular flexibility index (Phi) is 5.48. The Hall–Kier alpha value is -0.570. The minimum Gasteiger partial charge on any atom is -0.326 e. The van der Waals surface area contributed by atoms with Gasteiger partial charge < -0.3 is 4.90 Å². The van der Waals surface area contributed by atoms with E-state index in [1.807, 2.05) is 0 Å². The van der Waals surface area contributed by atoms with Crippen LogP contribution < -0.4 is 5.32 Å². The van der Waals surface area contributed by atoms with Crippen LogP contribution in [0.3, 0.4) is 0 Å². The largest absolute Gasteiger partial charge is 0.326 e. The lowest BCUT2D eigenvalue weighted by Crippen LogP contribution is -2.40. The van der Waals surface area contributed by atoms with Crippen molar-refractivity contribution in [3.63, 3.8) is 0 Å². The van der Waals surface area contributed by atoms with Gasteiger partial charge in [-0.3, -0.25) is 10.1 Å². The van der Waals surface area contributed by atoms with Crippen molar-refractivity contribution in [2.24, 2.45) is 17.8 Å². The Morgan fingerprint density at radius 1 is 1.30 bits per heavy atom. The Morgan fingerprint density at radius 3 is 2.50 bits per heavy atom. The number of rotatable bonds is 7. The standard InChI is InChI=1S/C17H32N2O/c1-5-13(4)16-17(20)19(10-9-14-7-6-8-14)15(18-16)11-12(2)3/h12-16,18H,5-11H2,1-4H3. The van der Waals surface area contributed by atoms with E-state index in [-0.39, 0.29) is 12.2 Å².